The molecule has 0 aliphatic rings. The third-order valence-electron chi connectivity index (χ3n) is 5.36. The van der Waals surface area contributed by atoms with Crippen LogP contribution in [0.3, 0.4) is 0 Å². The third kappa shape index (κ3) is 5.57. The summed E-state index contributed by atoms with van der Waals surface area (Å²) in [6.07, 6.45) is 0. The molecule has 0 spiro atoms. The molecule has 0 bridgehead atoms. The number of hydrogen-bond donors (Lipinski definition) is 0. The van der Waals surface area contributed by atoms with E-state index in [0.717, 1.165) is 5.56 Å². The second-order valence-corrected chi connectivity index (χ2v) is 8.29. The van der Waals surface area contributed by atoms with Crippen LogP contribution in [0.15, 0.2) is 91.0 Å². The van der Waals surface area contributed by atoms with Crippen LogP contribution in [0.5, 0.6) is 5.75 Å². The van der Waals surface area contributed by atoms with Crippen LogP contribution in [0.2, 0.25) is 0 Å². The highest BCUT2D eigenvalue weighted by molar-refractivity contribution is 6.68. The van der Waals surface area contributed by atoms with Crippen LogP contribution in [0.1, 0.15) is 26.3 Å². The van der Waals surface area contributed by atoms with Crippen molar-refractivity contribution in [2.24, 2.45) is 0 Å². The third-order valence-corrected chi connectivity index (χ3v) is 5.80. The first kappa shape index (κ1) is 24.1. The maximum Gasteiger partial charge on any atom is 0.318 e. The van der Waals surface area contributed by atoms with Crippen LogP contribution >= 0.6 is 23.2 Å². The molecular formula is C27H17Cl2NO5. The van der Waals surface area contributed by atoms with Crippen molar-refractivity contribution >= 4 is 39.4 Å². The molecule has 0 heterocycles. The molecule has 174 valence electrons. The van der Waals surface area contributed by atoms with E-state index in [-0.39, 0.29) is 23.6 Å². The second-order valence-electron chi connectivity index (χ2n) is 7.60. The number of nitrogens with zero attached hydrogens (tertiary/aromatic N) is 1. The zero-order valence-corrected chi connectivity index (χ0v) is 19.6. The smallest absolute Gasteiger partial charge is 0.318 e. The Morgan fingerprint density at radius 1 is 0.743 bits per heavy atom. The molecule has 0 saturated carbocycles. The Morgan fingerprint density at radius 2 is 1.29 bits per heavy atom. The summed E-state index contributed by atoms with van der Waals surface area (Å²) in [5.74, 6) is 0.0846. The van der Waals surface area contributed by atoms with Gasteiger partial charge in [-0.15, -0.1) is 0 Å². The fraction of sp³-hybridized carbons (Fsp3) is 0.0370. The minimum atomic E-state index is -0.624. The average Bonchev–Trinajstić information content (AvgIpc) is 2.87. The number of halogens is 2. The molecule has 0 aromatic heterocycles. The van der Waals surface area contributed by atoms with Crippen LogP contribution in [-0.2, 0) is 6.61 Å². The lowest BCUT2D eigenvalue weighted by atomic mass is 9.95. The van der Waals surface area contributed by atoms with E-state index in [1.165, 1.54) is 12.1 Å². The van der Waals surface area contributed by atoms with Gasteiger partial charge in [-0.25, -0.2) is 0 Å². The van der Waals surface area contributed by atoms with Crippen molar-refractivity contribution in [3.05, 3.63) is 118 Å². The van der Waals surface area contributed by atoms with Crippen molar-refractivity contribution in [2.75, 3.05) is 0 Å². The van der Waals surface area contributed by atoms with Gasteiger partial charge in [0.1, 0.15) is 6.61 Å². The molecule has 0 aliphatic carbocycles. The first-order valence-corrected chi connectivity index (χ1v) is 11.2. The summed E-state index contributed by atoms with van der Waals surface area (Å²) >= 11 is 11.1. The highest BCUT2D eigenvalue weighted by Gasteiger charge is 2.25. The van der Waals surface area contributed by atoms with Crippen LogP contribution in [0.25, 0.3) is 22.3 Å². The molecule has 0 unspecified atom stereocenters. The van der Waals surface area contributed by atoms with E-state index in [1.807, 2.05) is 30.3 Å². The van der Waals surface area contributed by atoms with Crippen LogP contribution < -0.4 is 4.74 Å². The fourth-order valence-electron chi connectivity index (χ4n) is 3.60. The summed E-state index contributed by atoms with van der Waals surface area (Å²) in [5.41, 5.74) is 3.42. The standard InChI is InChI=1S/C27H17Cl2NO5/c28-26(31)20-10-6-18(7-11-20)22-14-23(19-8-12-21(13-9-19)27(29)32)25(30(33)34)24(15-22)35-16-17-4-2-1-3-5-17/h1-15H,16H2. The lowest BCUT2D eigenvalue weighted by Gasteiger charge is -2.14. The lowest BCUT2D eigenvalue weighted by molar-refractivity contribution is -0.385. The van der Waals surface area contributed by atoms with Crippen LogP contribution in [0.4, 0.5) is 5.69 Å². The molecule has 4 aromatic carbocycles. The van der Waals surface area contributed by atoms with Gasteiger partial charge in [0.2, 0.25) is 0 Å². The van der Waals surface area contributed by atoms with E-state index in [2.05, 4.69) is 0 Å². The Kier molecular flexibility index (Phi) is 7.25. The van der Waals surface area contributed by atoms with Crippen molar-refractivity contribution in [3.63, 3.8) is 0 Å². The fourth-order valence-corrected chi connectivity index (χ4v) is 3.85. The number of rotatable bonds is 8. The maximum atomic E-state index is 12.2. The molecule has 0 amide bonds. The summed E-state index contributed by atoms with van der Waals surface area (Å²) < 4.78 is 5.94. The van der Waals surface area contributed by atoms with Gasteiger partial charge in [0, 0.05) is 11.1 Å². The van der Waals surface area contributed by atoms with Gasteiger partial charge in [-0.3, -0.25) is 19.7 Å². The summed E-state index contributed by atoms with van der Waals surface area (Å²) in [6, 6.07) is 25.3. The van der Waals surface area contributed by atoms with Crippen molar-refractivity contribution in [1.29, 1.82) is 0 Å². The van der Waals surface area contributed by atoms with Gasteiger partial charge in [-0.2, -0.15) is 0 Å². The van der Waals surface area contributed by atoms with E-state index in [4.69, 9.17) is 27.9 Å². The summed E-state index contributed by atoms with van der Waals surface area (Å²) in [7, 11) is 0. The number of hydrogen-bond acceptors (Lipinski definition) is 5. The summed E-state index contributed by atoms with van der Waals surface area (Å²) in [4.78, 5) is 34.6. The van der Waals surface area contributed by atoms with Gasteiger partial charge in [-0.05, 0) is 81.9 Å². The van der Waals surface area contributed by atoms with Gasteiger partial charge >= 0.3 is 5.69 Å². The van der Waals surface area contributed by atoms with E-state index < -0.39 is 15.4 Å². The quantitative estimate of drug-likeness (QED) is 0.143. The molecule has 0 fully saturated rings. The zero-order valence-electron chi connectivity index (χ0n) is 18.1. The molecule has 35 heavy (non-hydrogen) atoms. The molecule has 4 rings (SSSR count). The molecule has 0 N–H and O–H groups in total. The minimum Gasteiger partial charge on any atom is -0.482 e. The Balaban J connectivity index is 1.86. The molecule has 6 nitrogen and oxygen atoms in total. The van der Waals surface area contributed by atoms with Crippen molar-refractivity contribution in [2.45, 2.75) is 6.61 Å². The number of carbonyl (C=O) groups excluding carboxylic acids is 2. The van der Waals surface area contributed by atoms with Crippen LogP contribution in [0, 0.1) is 10.1 Å². The lowest BCUT2D eigenvalue weighted by Crippen LogP contribution is -2.02. The molecular weight excluding hydrogens is 489 g/mol. The number of carbonyl (C=O) groups is 2. The second kappa shape index (κ2) is 10.5. The van der Waals surface area contributed by atoms with Crippen LogP contribution in [-0.4, -0.2) is 15.4 Å². The number of benzene rings is 4. The Bertz CT molecular complexity index is 1400. The monoisotopic (exact) mass is 505 g/mol. The SMILES string of the molecule is O=C(Cl)c1ccc(-c2cc(OCc3ccccc3)c([N+](=O)[O-])c(-c3ccc(C(=O)Cl)cc3)c2)cc1. The van der Waals surface area contributed by atoms with Crippen molar-refractivity contribution < 1.29 is 19.2 Å². The maximum absolute atomic E-state index is 12.2. The minimum absolute atomic E-state index is 0.0846. The average molecular weight is 506 g/mol. The first-order valence-electron chi connectivity index (χ1n) is 10.4. The van der Waals surface area contributed by atoms with E-state index in [9.17, 15) is 19.7 Å². The van der Waals surface area contributed by atoms with E-state index in [1.54, 1.807) is 48.5 Å². The number of nitro groups is 1. The van der Waals surface area contributed by atoms with Gasteiger partial charge in [0.15, 0.2) is 5.75 Å². The predicted octanol–water partition coefficient (Wildman–Crippen LogP) is 7.27. The molecule has 0 radical (unpaired) electrons. The molecule has 0 atom stereocenters. The predicted molar refractivity (Wildman–Crippen MR) is 135 cm³/mol. The van der Waals surface area contributed by atoms with Gasteiger partial charge in [-0.1, -0.05) is 54.6 Å². The number of ether oxygens (including phenoxy) is 1. The summed E-state index contributed by atoms with van der Waals surface area (Å²) in [6.45, 7) is 0.129. The molecule has 0 saturated heterocycles. The topological polar surface area (TPSA) is 86.5 Å². The van der Waals surface area contributed by atoms with E-state index in [0.29, 0.717) is 27.8 Å². The Hall–Kier alpha value is -4.00. The van der Waals surface area contributed by atoms with E-state index >= 15 is 0 Å². The van der Waals surface area contributed by atoms with Gasteiger partial charge in [0.05, 0.1) is 10.5 Å². The first-order chi connectivity index (χ1) is 16.8. The zero-order chi connectivity index (χ0) is 24.9. The largest absolute Gasteiger partial charge is 0.482 e. The highest BCUT2D eigenvalue weighted by Crippen LogP contribution is 2.42. The summed E-state index contributed by atoms with van der Waals surface area (Å²) in [5, 5.41) is 11.0. The van der Waals surface area contributed by atoms with Crippen molar-refractivity contribution in [1.82, 2.24) is 0 Å². The number of nitro benzene ring substituents is 1. The Morgan fingerprint density at radius 3 is 1.80 bits per heavy atom. The Labute approximate surface area is 210 Å². The normalized spacial score (nSPS) is 10.6. The molecule has 0 aliphatic heterocycles. The van der Waals surface area contributed by atoms with Crippen molar-refractivity contribution in [3.8, 4) is 28.0 Å². The van der Waals surface area contributed by atoms with Gasteiger partial charge < -0.3 is 4.74 Å². The highest BCUT2D eigenvalue weighted by atomic mass is 35.5. The molecule has 4 aromatic rings. The molecule has 8 heteroatoms. The van der Waals surface area contributed by atoms with Gasteiger partial charge in [0.25, 0.3) is 10.5 Å².